The van der Waals surface area contributed by atoms with Crippen LogP contribution in [0.4, 0.5) is 0 Å². The summed E-state index contributed by atoms with van der Waals surface area (Å²) in [5.41, 5.74) is 0.412. The fraction of sp³-hybridized carbons (Fsp3) is 0.643. The number of esters is 1. The third kappa shape index (κ3) is 3.36. The monoisotopic (exact) mass is 434 g/mol. The first-order valence-electron chi connectivity index (χ1n) is 12.3. The smallest absolute Gasteiger partial charge is 0.307 e. The molecule has 4 nitrogen and oxygen atoms in total. The van der Waals surface area contributed by atoms with Crippen molar-refractivity contribution in [1.82, 2.24) is 0 Å². The van der Waals surface area contributed by atoms with Gasteiger partial charge in [0.05, 0.1) is 6.42 Å². The zero-order valence-electron chi connectivity index (χ0n) is 19.3. The van der Waals surface area contributed by atoms with E-state index in [2.05, 4.69) is 12.8 Å². The molecular weight excluding hydrogens is 400 g/mol. The maximum Gasteiger partial charge on any atom is 0.307 e. The van der Waals surface area contributed by atoms with E-state index < -0.39 is 5.60 Å². The van der Waals surface area contributed by atoms with Gasteiger partial charge < -0.3 is 9.15 Å². The van der Waals surface area contributed by atoms with Gasteiger partial charge in [-0.15, -0.1) is 6.42 Å². The largest absolute Gasteiger partial charge is 0.466 e. The second kappa shape index (κ2) is 7.94. The lowest BCUT2D eigenvalue weighted by Gasteiger charge is -2.55. The Morgan fingerprint density at radius 3 is 2.78 bits per heavy atom. The van der Waals surface area contributed by atoms with Crippen molar-refractivity contribution in [1.29, 1.82) is 0 Å². The van der Waals surface area contributed by atoms with Crippen LogP contribution in [0.5, 0.6) is 0 Å². The number of aryl methyl sites for hydroxylation is 2. The van der Waals surface area contributed by atoms with Gasteiger partial charge in [0.1, 0.15) is 11.5 Å². The van der Waals surface area contributed by atoms with E-state index in [1.54, 1.807) is 0 Å². The summed E-state index contributed by atoms with van der Waals surface area (Å²) in [6.07, 6.45) is 16.6. The van der Waals surface area contributed by atoms with Crippen molar-refractivity contribution < 1.29 is 18.7 Å². The molecule has 170 valence electrons. The molecule has 0 spiro atoms. The van der Waals surface area contributed by atoms with E-state index in [1.165, 1.54) is 5.57 Å². The summed E-state index contributed by atoms with van der Waals surface area (Å²) in [5, 5.41) is 0. The predicted molar refractivity (Wildman–Crippen MR) is 122 cm³/mol. The molecule has 6 atom stereocenters. The minimum absolute atomic E-state index is 0.175. The van der Waals surface area contributed by atoms with E-state index in [0.29, 0.717) is 42.3 Å². The zero-order chi connectivity index (χ0) is 22.5. The highest BCUT2D eigenvalue weighted by Gasteiger charge is 2.64. The Kier molecular flexibility index (Phi) is 5.35. The summed E-state index contributed by atoms with van der Waals surface area (Å²) in [6.45, 7) is 4.18. The Labute approximate surface area is 191 Å². The Balaban J connectivity index is 1.31. The van der Waals surface area contributed by atoms with Crippen molar-refractivity contribution >= 4 is 11.8 Å². The van der Waals surface area contributed by atoms with E-state index >= 15 is 0 Å². The third-order valence-electron chi connectivity index (χ3n) is 9.31. The van der Waals surface area contributed by atoms with Crippen molar-refractivity contribution in [2.45, 2.75) is 83.7 Å². The minimum atomic E-state index is -0.808. The van der Waals surface area contributed by atoms with Gasteiger partial charge in [-0.3, -0.25) is 9.59 Å². The van der Waals surface area contributed by atoms with Crippen molar-refractivity contribution in [3.8, 4) is 12.3 Å². The first kappa shape index (κ1) is 21.6. The summed E-state index contributed by atoms with van der Waals surface area (Å²) in [7, 11) is 0. The lowest BCUT2D eigenvalue weighted by Crippen LogP contribution is -2.53. The van der Waals surface area contributed by atoms with Crippen LogP contribution in [0, 0.1) is 48.4 Å². The van der Waals surface area contributed by atoms with Crippen LogP contribution in [0.2, 0.25) is 0 Å². The van der Waals surface area contributed by atoms with Gasteiger partial charge in [0.15, 0.2) is 11.4 Å². The molecular formula is C28H34O4. The third-order valence-corrected chi connectivity index (χ3v) is 9.31. The van der Waals surface area contributed by atoms with Crippen LogP contribution in [0.3, 0.4) is 0 Å². The van der Waals surface area contributed by atoms with Crippen molar-refractivity contribution in [3.63, 3.8) is 0 Å². The van der Waals surface area contributed by atoms with Crippen LogP contribution in [-0.2, 0) is 20.7 Å². The molecule has 1 aromatic heterocycles. The average Bonchev–Trinajstić information content (AvgIpc) is 3.32. The summed E-state index contributed by atoms with van der Waals surface area (Å²) < 4.78 is 11.8. The predicted octanol–water partition coefficient (Wildman–Crippen LogP) is 5.58. The number of fused-ring (bicyclic) bond motifs is 5. The molecule has 0 unspecified atom stereocenters. The van der Waals surface area contributed by atoms with E-state index in [9.17, 15) is 9.59 Å². The average molecular weight is 435 g/mol. The Bertz CT molecular complexity index is 993. The second-order valence-corrected chi connectivity index (χ2v) is 10.8. The van der Waals surface area contributed by atoms with Crippen molar-refractivity contribution in [2.75, 3.05) is 0 Å². The molecule has 1 aromatic rings. The molecule has 1 heterocycles. The summed E-state index contributed by atoms with van der Waals surface area (Å²) in [5.74, 6) is 7.04. The Morgan fingerprint density at radius 2 is 2.03 bits per heavy atom. The standard InChI is InChI=1S/C28H34O4/c1-4-28(32-26(30)12-9-21-8-5-18(2)31-21)16-14-25-24-10-6-19-17-20(29)7-11-22(19)23(24)13-15-27(25,28)3/h1,5,8,17,22-25H,6-7,9-16H2,2-3H3/t22-,23-,24+,25+,27-,28-/m0/s1. The lowest BCUT2D eigenvalue weighted by atomic mass is 9.50. The molecule has 32 heavy (non-hydrogen) atoms. The molecule has 3 saturated carbocycles. The summed E-state index contributed by atoms with van der Waals surface area (Å²) >= 11 is 0. The molecule has 0 saturated heterocycles. The minimum Gasteiger partial charge on any atom is -0.466 e. The Morgan fingerprint density at radius 1 is 1.19 bits per heavy atom. The normalized spacial score (nSPS) is 38.2. The molecule has 3 fully saturated rings. The van der Waals surface area contributed by atoms with E-state index in [4.69, 9.17) is 15.6 Å². The molecule has 0 aliphatic heterocycles. The van der Waals surface area contributed by atoms with Crippen LogP contribution in [0.15, 0.2) is 28.2 Å². The maximum absolute atomic E-state index is 12.9. The van der Waals surface area contributed by atoms with Gasteiger partial charge in [0, 0.05) is 18.3 Å². The van der Waals surface area contributed by atoms with Gasteiger partial charge in [0.2, 0.25) is 0 Å². The highest BCUT2D eigenvalue weighted by atomic mass is 16.6. The number of ether oxygens (including phenoxy) is 1. The molecule has 4 aliphatic carbocycles. The molecule has 4 heteroatoms. The van der Waals surface area contributed by atoms with E-state index in [0.717, 1.165) is 56.5 Å². The van der Waals surface area contributed by atoms with E-state index in [-0.39, 0.29) is 17.8 Å². The topological polar surface area (TPSA) is 56.5 Å². The van der Waals surface area contributed by atoms with Crippen molar-refractivity contribution in [2.24, 2.45) is 29.1 Å². The van der Waals surface area contributed by atoms with Gasteiger partial charge >= 0.3 is 5.97 Å². The zero-order valence-corrected chi connectivity index (χ0v) is 19.3. The second-order valence-electron chi connectivity index (χ2n) is 10.8. The van der Waals surface area contributed by atoms with Gasteiger partial charge in [-0.25, -0.2) is 0 Å². The fourth-order valence-corrected chi connectivity index (χ4v) is 7.70. The van der Waals surface area contributed by atoms with Crippen LogP contribution < -0.4 is 0 Å². The molecule has 0 N–H and O–H groups in total. The number of carbonyl (C=O) groups is 2. The highest BCUT2D eigenvalue weighted by molar-refractivity contribution is 5.91. The molecule has 0 bridgehead atoms. The first-order valence-corrected chi connectivity index (χ1v) is 12.3. The number of allylic oxidation sites excluding steroid dienone is 1. The Hall–Kier alpha value is -2.28. The van der Waals surface area contributed by atoms with Crippen LogP contribution in [0.25, 0.3) is 0 Å². The van der Waals surface area contributed by atoms with Crippen LogP contribution in [-0.4, -0.2) is 17.4 Å². The first-order chi connectivity index (χ1) is 15.3. The number of hydrogen-bond acceptors (Lipinski definition) is 4. The number of carbonyl (C=O) groups excluding carboxylic acids is 2. The number of terminal acetylenes is 1. The molecule has 5 rings (SSSR count). The number of ketones is 1. The fourth-order valence-electron chi connectivity index (χ4n) is 7.70. The van der Waals surface area contributed by atoms with Gasteiger partial charge in [-0.1, -0.05) is 18.4 Å². The SMILES string of the molecule is C#C[C@]1(OC(=O)CCc2ccc(C)o2)CC[C@@H]2[C@@H]3CCC4=CC(=O)CC[C@@H]4[C@@H]3CC[C@@]21C. The van der Waals surface area contributed by atoms with Gasteiger partial charge in [-0.2, -0.15) is 0 Å². The molecule has 0 radical (unpaired) electrons. The number of furan rings is 1. The van der Waals surface area contributed by atoms with Crippen molar-refractivity contribution in [3.05, 3.63) is 35.3 Å². The lowest BCUT2D eigenvalue weighted by molar-refractivity contribution is -0.170. The van der Waals surface area contributed by atoms with Gasteiger partial charge in [0.25, 0.3) is 0 Å². The summed E-state index contributed by atoms with van der Waals surface area (Å²) in [6, 6.07) is 3.83. The van der Waals surface area contributed by atoms with Gasteiger partial charge in [-0.05, 0) is 93.7 Å². The number of rotatable bonds is 4. The quantitative estimate of drug-likeness (QED) is 0.459. The van der Waals surface area contributed by atoms with Crippen LogP contribution >= 0.6 is 0 Å². The molecule has 4 aliphatic rings. The molecule has 0 amide bonds. The van der Waals surface area contributed by atoms with E-state index in [1.807, 2.05) is 25.1 Å². The molecule has 0 aromatic carbocycles. The van der Waals surface area contributed by atoms with Crippen LogP contribution in [0.1, 0.15) is 76.2 Å². The summed E-state index contributed by atoms with van der Waals surface area (Å²) in [4.78, 5) is 24.8. The number of hydrogen-bond donors (Lipinski definition) is 0. The maximum atomic E-state index is 12.9. The highest BCUT2D eigenvalue weighted by Crippen LogP contribution is 2.65.